The van der Waals surface area contributed by atoms with Crippen molar-refractivity contribution in [1.82, 2.24) is 23.6 Å². The van der Waals surface area contributed by atoms with Gasteiger partial charge in [0.25, 0.3) is 10.2 Å². The number of hydrogen-bond acceptors (Lipinski definition) is 7. The molecule has 0 aromatic carbocycles. The van der Waals surface area contributed by atoms with Crippen LogP contribution in [0.5, 0.6) is 0 Å². The van der Waals surface area contributed by atoms with Gasteiger partial charge in [0, 0.05) is 55.9 Å². The van der Waals surface area contributed by atoms with Crippen LogP contribution >= 0.6 is 11.3 Å². The van der Waals surface area contributed by atoms with Crippen molar-refractivity contribution < 1.29 is 8.42 Å². The Hall–Kier alpha value is -1.62. The Morgan fingerprint density at radius 2 is 2.08 bits per heavy atom. The molecule has 142 valence electrons. The van der Waals surface area contributed by atoms with Gasteiger partial charge in [-0.2, -0.15) is 17.0 Å². The molecule has 2 aromatic heterocycles. The Morgan fingerprint density at radius 3 is 2.73 bits per heavy atom. The fourth-order valence-electron chi connectivity index (χ4n) is 2.95. The summed E-state index contributed by atoms with van der Waals surface area (Å²) >= 11 is 1.56. The fourth-order valence-corrected chi connectivity index (χ4v) is 4.82. The third-order valence-corrected chi connectivity index (χ3v) is 7.00. The van der Waals surface area contributed by atoms with E-state index in [-0.39, 0.29) is 5.92 Å². The number of rotatable bonds is 5. The molecule has 26 heavy (non-hydrogen) atoms. The van der Waals surface area contributed by atoms with E-state index in [1.54, 1.807) is 25.4 Å². The molecule has 3 heterocycles. The van der Waals surface area contributed by atoms with E-state index < -0.39 is 10.2 Å². The molecule has 0 aliphatic carbocycles. The van der Waals surface area contributed by atoms with E-state index in [0.717, 1.165) is 28.5 Å². The summed E-state index contributed by atoms with van der Waals surface area (Å²) in [6.45, 7) is 4.86. The van der Waals surface area contributed by atoms with Gasteiger partial charge in [-0.25, -0.2) is 15.0 Å². The zero-order chi connectivity index (χ0) is 18.9. The topological polar surface area (TPSA) is 91.3 Å². The molecule has 10 heteroatoms. The van der Waals surface area contributed by atoms with Crippen molar-refractivity contribution in [3.63, 3.8) is 0 Å². The zero-order valence-electron chi connectivity index (χ0n) is 15.4. The van der Waals surface area contributed by atoms with E-state index in [4.69, 9.17) is 0 Å². The van der Waals surface area contributed by atoms with Crippen LogP contribution in [0.1, 0.15) is 35.2 Å². The molecule has 0 saturated carbocycles. The number of piperidine rings is 1. The highest BCUT2D eigenvalue weighted by Crippen LogP contribution is 2.28. The van der Waals surface area contributed by atoms with Gasteiger partial charge < -0.3 is 5.32 Å². The summed E-state index contributed by atoms with van der Waals surface area (Å²) in [6, 6.07) is 1.87. The van der Waals surface area contributed by atoms with E-state index >= 15 is 0 Å². The van der Waals surface area contributed by atoms with Crippen molar-refractivity contribution in [1.29, 1.82) is 0 Å². The van der Waals surface area contributed by atoms with Gasteiger partial charge in [0.05, 0.1) is 0 Å². The number of anilines is 2. The Bertz CT molecular complexity index is 881. The van der Waals surface area contributed by atoms with Crippen LogP contribution < -0.4 is 5.32 Å². The highest BCUT2D eigenvalue weighted by atomic mass is 32.2. The maximum Gasteiger partial charge on any atom is 0.281 e. The molecule has 0 spiro atoms. The van der Waals surface area contributed by atoms with Gasteiger partial charge in [-0.05, 0) is 26.7 Å². The molecule has 2 aromatic rings. The maximum atomic E-state index is 12.4. The van der Waals surface area contributed by atoms with Crippen LogP contribution in [0, 0.1) is 13.8 Å². The van der Waals surface area contributed by atoms with Gasteiger partial charge in [0.1, 0.15) is 11.6 Å². The van der Waals surface area contributed by atoms with Crippen molar-refractivity contribution in [2.45, 2.75) is 32.6 Å². The first-order valence-corrected chi connectivity index (χ1v) is 10.7. The molecule has 8 nitrogen and oxygen atoms in total. The minimum Gasteiger partial charge on any atom is -0.316 e. The van der Waals surface area contributed by atoms with Crippen LogP contribution in [0.15, 0.2) is 12.3 Å². The molecule has 0 amide bonds. The number of hydrogen-bond donors (Lipinski definition) is 1. The molecule has 0 radical (unpaired) electrons. The lowest BCUT2D eigenvalue weighted by atomic mass is 9.99. The number of nitrogens with one attached hydrogen (secondary N) is 1. The smallest absolute Gasteiger partial charge is 0.281 e. The molecule has 0 unspecified atom stereocenters. The summed E-state index contributed by atoms with van der Waals surface area (Å²) in [5, 5.41) is 4.01. The number of aromatic nitrogens is 3. The quantitative estimate of drug-likeness (QED) is 0.834. The number of nitrogens with zero attached hydrogens (tertiary/aromatic N) is 5. The maximum absolute atomic E-state index is 12.4. The van der Waals surface area contributed by atoms with Crippen molar-refractivity contribution >= 4 is 32.5 Å². The third kappa shape index (κ3) is 4.20. The Morgan fingerprint density at radius 1 is 1.31 bits per heavy atom. The molecule has 1 fully saturated rings. The van der Waals surface area contributed by atoms with Crippen LogP contribution in [0.3, 0.4) is 0 Å². The van der Waals surface area contributed by atoms with Crippen molar-refractivity contribution in [2.75, 3.05) is 32.5 Å². The molecule has 1 N–H and O–H groups in total. The summed E-state index contributed by atoms with van der Waals surface area (Å²) in [7, 11) is -0.308. The van der Waals surface area contributed by atoms with E-state index in [0.29, 0.717) is 24.7 Å². The number of aryl methyl sites for hydroxylation is 2. The normalized spacial score (nSPS) is 19.0. The minimum atomic E-state index is -3.42. The summed E-state index contributed by atoms with van der Waals surface area (Å²) < 4.78 is 27.6. The average molecular weight is 397 g/mol. The predicted octanol–water partition coefficient (Wildman–Crippen LogP) is 2.28. The van der Waals surface area contributed by atoms with Crippen LogP contribution in [-0.2, 0) is 10.2 Å². The SMILES string of the molecule is Cc1cc(Nc2ncc(C)s2)nc([C@@H]2CCCN(S(=O)(=O)N(C)C)C2)n1. The molecule has 1 aliphatic rings. The average Bonchev–Trinajstić information content (AvgIpc) is 2.99. The molecule has 1 atom stereocenters. The second-order valence-electron chi connectivity index (χ2n) is 6.64. The van der Waals surface area contributed by atoms with Crippen LogP contribution in [-0.4, -0.2) is 59.2 Å². The first kappa shape index (κ1) is 19.2. The van der Waals surface area contributed by atoms with Crippen molar-refractivity contribution in [2.24, 2.45) is 0 Å². The zero-order valence-corrected chi connectivity index (χ0v) is 17.1. The van der Waals surface area contributed by atoms with Crippen molar-refractivity contribution in [3.05, 3.63) is 28.7 Å². The highest BCUT2D eigenvalue weighted by molar-refractivity contribution is 7.86. The van der Waals surface area contributed by atoms with Gasteiger partial charge in [0.15, 0.2) is 5.13 Å². The van der Waals surface area contributed by atoms with Crippen molar-refractivity contribution in [3.8, 4) is 0 Å². The van der Waals surface area contributed by atoms with E-state index in [1.807, 2.05) is 26.1 Å². The second kappa shape index (κ2) is 7.55. The van der Waals surface area contributed by atoms with Gasteiger partial charge >= 0.3 is 0 Å². The third-order valence-electron chi connectivity index (χ3n) is 4.26. The summed E-state index contributed by atoms with van der Waals surface area (Å²) in [5.41, 5.74) is 0.846. The van der Waals surface area contributed by atoms with Gasteiger partial charge in [-0.1, -0.05) is 0 Å². The lowest BCUT2D eigenvalue weighted by molar-refractivity contribution is 0.293. The van der Waals surface area contributed by atoms with Crippen LogP contribution in [0.25, 0.3) is 0 Å². The molecular formula is C16H24N6O2S2. The Labute approximate surface area is 158 Å². The molecule has 1 aliphatic heterocycles. The standard InChI is InChI=1S/C16H24N6O2S2/c1-11-8-14(20-16-17-9-12(2)25-16)19-15(18-11)13-6-5-7-22(10-13)26(23,24)21(3)4/h8-9,13H,5-7,10H2,1-4H3,(H,17,18,19,20)/t13-/m1/s1. The predicted molar refractivity (Wildman–Crippen MR) is 103 cm³/mol. The van der Waals surface area contributed by atoms with E-state index in [2.05, 4.69) is 20.3 Å². The molecule has 0 bridgehead atoms. The second-order valence-corrected chi connectivity index (χ2v) is 10.0. The van der Waals surface area contributed by atoms with Crippen LogP contribution in [0.2, 0.25) is 0 Å². The summed E-state index contributed by atoms with van der Waals surface area (Å²) in [5.74, 6) is 1.35. The summed E-state index contributed by atoms with van der Waals surface area (Å²) in [6.07, 6.45) is 3.48. The van der Waals surface area contributed by atoms with Gasteiger partial charge in [-0.15, -0.1) is 11.3 Å². The fraction of sp³-hybridized carbons (Fsp3) is 0.562. The Balaban J connectivity index is 1.82. The van der Waals surface area contributed by atoms with Gasteiger partial charge in [-0.3, -0.25) is 0 Å². The summed E-state index contributed by atoms with van der Waals surface area (Å²) in [4.78, 5) is 14.6. The highest BCUT2D eigenvalue weighted by Gasteiger charge is 2.32. The largest absolute Gasteiger partial charge is 0.316 e. The molecule has 1 saturated heterocycles. The first-order valence-electron chi connectivity index (χ1n) is 8.48. The lowest BCUT2D eigenvalue weighted by Crippen LogP contribution is -2.45. The molecular weight excluding hydrogens is 372 g/mol. The monoisotopic (exact) mass is 396 g/mol. The van der Waals surface area contributed by atoms with Crippen LogP contribution in [0.4, 0.5) is 10.9 Å². The first-order chi connectivity index (χ1) is 12.3. The van der Waals surface area contributed by atoms with Gasteiger partial charge in [0.2, 0.25) is 0 Å². The minimum absolute atomic E-state index is 0.0167. The number of thiazole rings is 1. The van der Waals surface area contributed by atoms with E-state index in [1.165, 1.54) is 8.61 Å². The Kier molecular flexibility index (Phi) is 5.56. The van der Waals surface area contributed by atoms with E-state index in [9.17, 15) is 8.42 Å². The molecule has 3 rings (SSSR count). The lowest BCUT2D eigenvalue weighted by Gasteiger charge is -2.32.